The van der Waals surface area contributed by atoms with Crippen molar-refractivity contribution in [1.82, 2.24) is 5.32 Å². The van der Waals surface area contributed by atoms with Crippen LogP contribution in [0.2, 0.25) is 0 Å². The zero-order valence-electron chi connectivity index (χ0n) is 18.8. The second-order valence-corrected chi connectivity index (χ2v) is 11.4. The molecule has 9 nitrogen and oxygen atoms in total. The number of furan rings is 1. The number of ether oxygens (including phenoxy) is 1. The van der Waals surface area contributed by atoms with Gasteiger partial charge in [0.25, 0.3) is 5.91 Å². The molecule has 0 spiro atoms. The minimum absolute atomic E-state index is 0.0159. The van der Waals surface area contributed by atoms with Gasteiger partial charge in [0.1, 0.15) is 11.8 Å². The Kier molecular flexibility index (Phi) is 6.16. The first kappa shape index (κ1) is 23.6. The summed E-state index contributed by atoms with van der Waals surface area (Å²) in [6, 6.07) is 5.28. The highest BCUT2D eigenvalue weighted by Gasteiger charge is 2.40. The number of carbonyl (C=O) groups is 2. The average molecular weight is 510 g/mol. The van der Waals surface area contributed by atoms with Gasteiger partial charge < -0.3 is 19.4 Å². The average Bonchev–Trinajstić information content (AvgIpc) is 3.46. The number of halogens is 2. The van der Waals surface area contributed by atoms with Gasteiger partial charge in [-0.1, -0.05) is 0 Å². The van der Waals surface area contributed by atoms with E-state index in [-0.39, 0.29) is 53.6 Å². The molecular weight excluding hydrogens is 484 g/mol. The van der Waals surface area contributed by atoms with Crippen LogP contribution in [0.25, 0.3) is 0 Å². The molecule has 3 fully saturated rings. The van der Waals surface area contributed by atoms with Crippen molar-refractivity contribution in [2.24, 2.45) is 11.8 Å². The van der Waals surface area contributed by atoms with E-state index in [4.69, 9.17) is 9.15 Å². The molecule has 0 saturated carbocycles. The lowest BCUT2D eigenvalue weighted by molar-refractivity contribution is 0.0889. The number of anilines is 2. The largest absolute Gasteiger partial charge is 0.459 e. The van der Waals surface area contributed by atoms with Gasteiger partial charge in [0.2, 0.25) is 0 Å². The number of hydrogen-bond acceptors (Lipinski definition) is 7. The predicted molar refractivity (Wildman–Crippen MR) is 122 cm³/mol. The Balaban J connectivity index is 1.20. The van der Waals surface area contributed by atoms with Crippen LogP contribution < -0.4 is 15.1 Å². The third kappa shape index (κ3) is 4.84. The van der Waals surface area contributed by atoms with Gasteiger partial charge in [0.05, 0.1) is 36.5 Å². The van der Waals surface area contributed by atoms with Crippen molar-refractivity contribution in [3.8, 4) is 0 Å². The zero-order valence-corrected chi connectivity index (χ0v) is 19.6. The van der Waals surface area contributed by atoms with E-state index in [2.05, 4.69) is 5.32 Å². The standard InChI is InChI=1S/C23H25F2N3O6S/c24-18-8-16(28-11-17(34-23(28)30)10-26-22(29)20-2-1-7-33-20)9-19(25)21(18)27-5-3-14(4-6-27)15-12-35(31,32)13-15/h1-2,7-9,14-15,17H,3-6,10-13H2,(H,26,29)/t17-/m0/s1. The molecule has 0 radical (unpaired) electrons. The molecule has 2 amide bonds. The fourth-order valence-electron chi connectivity index (χ4n) is 5.02. The summed E-state index contributed by atoms with van der Waals surface area (Å²) in [5.41, 5.74) is -0.119. The van der Waals surface area contributed by atoms with E-state index in [1.165, 1.54) is 12.3 Å². The van der Waals surface area contributed by atoms with Crippen LogP contribution in [0.15, 0.2) is 34.9 Å². The maximum Gasteiger partial charge on any atom is 0.414 e. The van der Waals surface area contributed by atoms with Crippen LogP contribution in [0.3, 0.4) is 0 Å². The molecular formula is C23H25F2N3O6S. The normalized spacial score (nSPS) is 22.7. The van der Waals surface area contributed by atoms with Crippen molar-refractivity contribution < 1.29 is 35.9 Å². The smallest absolute Gasteiger partial charge is 0.414 e. The minimum atomic E-state index is -2.90. The molecule has 1 atom stereocenters. The second kappa shape index (κ2) is 9.14. The molecule has 5 rings (SSSR count). The summed E-state index contributed by atoms with van der Waals surface area (Å²) in [7, 11) is -2.90. The number of nitrogens with zero attached hydrogens (tertiary/aromatic N) is 2. The van der Waals surface area contributed by atoms with E-state index in [1.54, 1.807) is 11.0 Å². The first-order valence-electron chi connectivity index (χ1n) is 11.4. The minimum Gasteiger partial charge on any atom is -0.459 e. The van der Waals surface area contributed by atoms with E-state index >= 15 is 8.78 Å². The number of sulfone groups is 1. The molecule has 0 aliphatic carbocycles. The van der Waals surface area contributed by atoms with Gasteiger partial charge in [-0.3, -0.25) is 9.69 Å². The van der Waals surface area contributed by atoms with Crippen molar-refractivity contribution in [2.45, 2.75) is 18.9 Å². The number of rotatable bonds is 6. The first-order valence-corrected chi connectivity index (χ1v) is 13.3. The van der Waals surface area contributed by atoms with Gasteiger partial charge in [-0.2, -0.15) is 0 Å². The van der Waals surface area contributed by atoms with Crippen molar-refractivity contribution in [3.63, 3.8) is 0 Å². The molecule has 0 unspecified atom stereocenters. The molecule has 0 bridgehead atoms. The number of hydrogen-bond donors (Lipinski definition) is 1. The molecule has 3 saturated heterocycles. The molecule has 3 aliphatic rings. The van der Waals surface area contributed by atoms with Crippen molar-refractivity contribution in [2.75, 3.05) is 47.5 Å². The Morgan fingerprint density at radius 1 is 1.11 bits per heavy atom. The number of piperidine rings is 1. The Morgan fingerprint density at radius 3 is 2.40 bits per heavy atom. The highest BCUT2D eigenvalue weighted by Crippen LogP contribution is 2.37. The van der Waals surface area contributed by atoms with Crippen LogP contribution >= 0.6 is 0 Å². The van der Waals surface area contributed by atoms with Crippen LogP contribution in [-0.4, -0.2) is 64.2 Å². The van der Waals surface area contributed by atoms with E-state index < -0.39 is 39.6 Å². The summed E-state index contributed by atoms with van der Waals surface area (Å²) in [6.07, 6.45) is 1.25. The van der Waals surface area contributed by atoms with Crippen molar-refractivity contribution in [3.05, 3.63) is 47.9 Å². The molecule has 1 N–H and O–H groups in total. The van der Waals surface area contributed by atoms with E-state index in [9.17, 15) is 18.0 Å². The maximum absolute atomic E-state index is 15.0. The van der Waals surface area contributed by atoms with Crippen LogP contribution in [-0.2, 0) is 14.6 Å². The number of amides is 2. The fourth-order valence-corrected chi connectivity index (χ4v) is 6.77. The van der Waals surface area contributed by atoms with Gasteiger partial charge in [0.15, 0.2) is 27.2 Å². The van der Waals surface area contributed by atoms with Gasteiger partial charge in [0, 0.05) is 25.2 Å². The Bertz CT molecular complexity index is 1190. The number of benzene rings is 1. The summed E-state index contributed by atoms with van der Waals surface area (Å²) in [5, 5.41) is 2.59. The van der Waals surface area contributed by atoms with E-state index in [1.807, 2.05) is 0 Å². The monoisotopic (exact) mass is 509 g/mol. The molecule has 188 valence electrons. The summed E-state index contributed by atoms with van der Waals surface area (Å²) < 4.78 is 63.1. The van der Waals surface area contributed by atoms with E-state index in [0.717, 1.165) is 17.0 Å². The molecule has 12 heteroatoms. The van der Waals surface area contributed by atoms with Crippen LogP contribution in [0.1, 0.15) is 23.4 Å². The Hall–Kier alpha value is -3.15. The Morgan fingerprint density at radius 2 is 1.80 bits per heavy atom. The SMILES string of the molecule is O=C(NC[C@H]1CN(c2cc(F)c(N3CCC(C4CS(=O)(=O)C4)CC3)c(F)c2)C(=O)O1)c1ccco1. The van der Waals surface area contributed by atoms with Gasteiger partial charge in [-0.25, -0.2) is 22.0 Å². The topological polar surface area (TPSA) is 109 Å². The summed E-state index contributed by atoms with van der Waals surface area (Å²) in [4.78, 5) is 27.1. The Labute approximate surface area is 200 Å². The van der Waals surface area contributed by atoms with Gasteiger partial charge in [-0.15, -0.1) is 0 Å². The van der Waals surface area contributed by atoms with Crippen molar-refractivity contribution >= 4 is 33.2 Å². The van der Waals surface area contributed by atoms with E-state index in [0.29, 0.717) is 25.9 Å². The molecule has 3 aliphatic heterocycles. The summed E-state index contributed by atoms with van der Waals surface area (Å²) >= 11 is 0. The molecule has 2 aromatic rings. The number of nitrogens with one attached hydrogen (secondary N) is 1. The summed E-state index contributed by atoms with van der Waals surface area (Å²) in [6.45, 7) is 0.891. The lowest BCUT2D eigenvalue weighted by Gasteiger charge is -2.40. The maximum atomic E-state index is 15.0. The molecule has 1 aromatic carbocycles. The highest BCUT2D eigenvalue weighted by molar-refractivity contribution is 7.92. The molecule has 35 heavy (non-hydrogen) atoms. The van der Waals surface area contributed by atoms with Crippen molar-refractivity contribution in [1.29, 1.82) is 0 Å². The third-order valence-electron chi connectivity index (χ3n) is 6.88. The first-order chi connectivity index (χ1) is 16.7. The van der Waals surface area contributed by atoms with Crippen LogP contribution in [0.4, 0.5) is 25.0 Å². The third-order valence-corrected chi connectivity index (χ3v) is 8.75. The lowest BCUT2D eigenvalue weighted by atomic mass is 9.86. The van der Waals surface area contributed by atoms with Crippen LogP contribution in [0.5, 0.6) is 0 Å². The van der Waals surface area contributed by atoms with Crippen LogP contribution in [0, 0.1) is 23.5 Å². The van der Waals surface area contributed by atoms with Gasteiger partial charge in [-0.05, 0) is 36.8 Å². The second-order valence-electron chi connectivity index (χ2n) is 9.22. The fraction of sp³-hybridized carbons (Fsp3) is 0.478. The predicted octanol–water partition coefficient (Wildman–Crippen LogP) is 2.57. The summed E-state index contributed by atoms with van der Waals surface area (Å²) in [5.74, 6) is -1.13. The quantitative estimate of drug-likeness (QED) is 0.638. The molecule has 1 aromatic heterocycles. The van der Waals surface area contributed by atoms with Gasteiger partial charge >= 0.3 is 6.09 Å². The lowest BCUT2D eigenvalue weighted by Crippen LogP contribution is -2.46. The zero-order chi connectivity index (χ0) is 24.7. The number of cyclic esters (lactones) is 1. The molecule has 4 heterocycles. The highest BCUT2D eigenvalue weighted by atomic mass is 32.2. The number of carbonyl (C=O) groups excluding carboxylic acids is 2.